The number of nitrogens with one attached hydrogen (secondary N) is 3. The van der Waals surface area contributed by atoms with Crippen LogP contribution in [0.5, 0.6) is 5.75 Å². The standard InChI is InChI=1S/C19H17ClN4O3S/c1-11-3-6-13(7-4-11)21-18(26)24-19-23-15(10-28-19)17(25)22-14-9-12(20)5-8-16(14)27-2/h3-10H,1-2H3,(H,22,25)(H2,21,23,24,26). The number of rotatable bonds is 5. The van der Waals surface area contributed by atoms with E-state index in [-0.39, 0.29) is 5.69 Å². The lowest BCUT2D eigenvalue weighted by Crippen LogP contribution is -2.19. The van der Waals surface area contributed by atoms with E-state index in [2.05, 4.69) is 20.9 Å². The number of hydrogen-bond donors (Lipinski definition) is 3. The number of hydrogen-bond acceptors (Lipinski definition) is 5. The van der Waals surface area contributed by atoms with E-state index in [1.165, 1.54) is 7.11 Å². The molecule has 0 unspecified atom stereocenters. The molecule has 3 amide bonds. The van der Waals surface area contributed by atoms with E-state index < -0.39 is 11.9 Å². The SMILES string of the molecule is COc1ccc(Cl)cc1NC(=O)c1csc(NC(=O)Nc2ccc(C)cc2)n1. The van der Waals surface area contributed by atoms with Gasteiger partial charge >= 0.3 is 6.03 Å². The van der Waals surface area contributed by atoms with E-state index in [4.69, 9.17) is 16.3 Å². The number of thiazole rings is 1. The first-order valence-corrected chi connectivity index (χ1v) is 9.45. The van der Waals surface area contributed by atoms with Gasteiger partial charge in [0.2, 0.25) is 0 Å². The fraction of sp³-hybridized carbons (Fsp3) is 0.105. The maximum Gasteiger partial charge on any atom is 0.325 e. The average Bonchev–Trinajstić information content (AvgIpc) is 3.12. The Labute approximate surface area is 170 Å². The van der Waals surface area contributed by atoms with Crippen LogP contribution in [0.25, 0.3) is 0 Å². The second-order valence-corrected chi connectivity index (χ2v) is 7.08. The van der Waals surface area contributed by atoms with Crippen LogP contribution >= 0.6 is 22.9 Å². The van der Waals surface area contributed by atoms with Crippen LogP contribution in [0.2, 0.25) is 5.02 Å². The molecule has 3 aromatic rings. The second-order valence-electron chi connectivity index (χ2n) is 5.78. The summed E-state index contributed by atoms with van der Waals surface area (Å²) in [6.07, 6.45) is 0. The molecule has 0 spiro atoms. The smallest absolute Gasteiger partial charge is 0.325 e. The number of benzene rings is 2. The van der Waals surface area contributed by atoms with E-state index in [1.807, 2.05) is 19.1 Å². The third-order valence-electron chi connectivity index (χ3n) is 3.68. The summed E-state index contributed by atoms with van der Waals surface area (Å²) in [5.41, 5.74) is 2.35. The number of anilines is 3. The Morgan fingerprint density at radius 2 is 1.82 bits per heavy atom. The van der Waals surface area contributed by atoms with Crippen molar-refractivity contribution in [2.45, 2.75) is 6.92 Å². The van der Waals surface area contributed by atoms with Gasteiger partial charge in [-0.1, -0.05) is 29.3 Å². The molecule has 0 aliphatic carbocycles. The van der Waals surface area contributed by atoms with Gasteiger partial charge in [-0.25, -0.2) is 9.78 Å². The first-order chi connectivity index (χ1) is 13.4. The molecule has 7 nitrogen and oxygen atoms in total. The van der Waals surface area contributed by atoms with Gasteiger partial charge in [0.15, 0.2) is 5.13 Å². The van der Waals surface area contributed by atoms with Gasteiger partial charge in [0, 0.05) is 16.1 Å². The van der Waals surface area contributed by atoms with Crippen molar-refractivity contribution in [3.8, 4) is 5.75 Å². The Bertz CT molecular complexity index is 1000. The normalized spacial score (nSPS) is 10.2. The largest absolute Gasteiger partial charge is 0.495 e. The summed E-state index contributed by atoms with van der Waals surface area (Å²) in [6, 6.07) is 11.8. The molecule has 0 saturated carbocycles. The van der Waals surface area contributed by atoms with Crippen LogP contribution in [-0.4, -0.2) is 24.0 Å². The molecule has 0 saturated heterocycles. The van der Waals surface area contributed by atoms with Crippen LogP contribution in [-0.2, 0) is 0 Å². The van der Waals surface area contributed by atoms with Crippen LogP contribution in [0.1, 0.15) is 16.1 Å². The Balaban J connectivity index is 1.63. The molecule has 0 atom stereocenters. The zero-order chi connectivity index (χ0) is 20.1. The van der Waals surface area contributed by atoms with Crippen LogP contribution < -0.4 is 20.7 Å². The van der Waals surface area contributed by atoms with E-state index in [0.717, 1.165) is 16.9 Å². The molecule has 0 aliphatic heterocycles. The van der Waals surface area contributed by atoms with Crippen molar-refractivity contribution in [3.05, 3.63) is 64.1 Å². The molecule has 9 heteroatoms. The summed E-state index contributed by atoms with van der Waals surface area (Å²) in [6.45, 7) is 1.96. The van der Waals surface area contributed by atoms with Gasteiger partial charge < -0.3 is 15.4 Å². The minimum absolute atomic E-state index is 0.165. The lowest BCUT2D eigenvalue weighted by molar-refractivity contribution is 0.102. The number of methoxy groups -OCH3 is 1. The van der Waals surface area contributed by atoms with E-state index in [0.29, 0.717) is 27.3 Å². The van der Waals surface area contributed by atoms with E-state index >= 15 is 0 Å². The number of aryl methyl sites for hydroxylation is 1. The Morgan fingerprint density at radius 3 is 2.54 bits per heavy atom. The van der Waals surface area contributed by atoms with Gasteiger partial charge in [0.1, 0.15) is 11.4 Å². The second kappa shape index (κ2) is 8.73. The van der Waals surface area contributed by atoms with Crippen LogP contribution in [0, 0.1) is 6.92 Å². The summed E-state index contributed by atoms with van der Waals surface area (Å²) in [7, 11) is 1.50. The van der Waals surface area contributed by atoms with Crippen molar-refractivity contribution in [1.29, 1.82) is 0 Å². The van der Waals surface area contributed by atoms with Gasteiger partial charge in [0.25, 0.3) is 5.91 Å². The number of carbonyl (C=O) groups is 2. The van der Waals surface area contributed by atoms with Crippen LogP contribution in [0.15, 0.2) is 47.8 Å². The molecule has 0 radical (unpaired) electrons. The van der Waals surface area contributed by atoms with Crippen LogP contribution in [0.4, 0.5) is 21.3 Å². The maximum atomic E-state index is 12.4. The molecule has 0 fully saturated rings. The molecule has 3 N–H and O–H groups in total. The fourth-order valence-corrected chi connectivity index (χ4v) is 3.15. The molecular formula is C19H17ClN4O3S. The molecule has 28 heavy (non-hydrogen) atoms. The van der Waals surface area contributed by atoms with Crippen molar-refractivity contribution in [2.75, 3.05) is 23.1 Å². The highest BCUT2D eigenvalue weighted by Crippen LogP contribution is 2.28. The predicted octanol–water partition coefficient (Wildman–Crippen LogP) is 5.01. The number of amides is 3. The van der Waals surface area contributed by atoms with Crippen molar-refractivity contribution >= 4 is 51.4 Å². The third-order valence-corrected chi connectivity index (χ3v) is 4.67. The monoisotopic (exact) mass is 416 g/mol. The van der Waals surface area contributed by atoms with Gasteiger partial charge in [0.05, 0.1) is 12.8 Å². The summed E-state index contributed by atoms with van der Waals surface area (Å²) in [4.78, 5) is 28.6. The van der Waals surface area contributed by atoms with Crippen molar-refractivity contribution in [2.24, 2.45) is 0 Å². The highest BCUT2D eigenvalue weighted by atomic mass is 35.5. The van der Waals surface area contributed by atoms with Crippen molar-refractivity contribution in [3.63, 3.8) is 0 Å². The maximum absolute atomic E-state index is 12.4. The molecule has 0 bridgehead atoms. The summed E-state index contributed by atoms with van der Waals surface area (Å²) in [5, 5.41) is 10.3. The Morgan fingerprint density at radius 1 is 1.07 bits per heavy atom. The topological polar surface area (TPSA) is 92.4 Å². The highest BCUT2D eigenvalue weighted by Gasteiger charge is 2.15. The van der Waals surface area contributed by atoms with Crippen molar-refractivity contribution in [1.82, 2.24) is 4.98 Å². The molecular weight excluding hydrogens is 400 g/mol. The lowest BCUT2D eigenvalue weighted by Gasteiger charge is -2.09. The molecule has 2 aromatic carbocycles. The summed E-state index contributed by atoms with van der Waals surface area (Å²) in [5.74, 6) is 0.0348. The Kier molecular flexibility index (Phi) is 6.13. The molecule has 1 heterocycles. The summed E-state index contributed by atoms with van der Waals surface area (Å²) < 4.78 is 5.20. The van der Waals surface area contributed by atoms with Gasteiger partial charge in [-0.05, 0) is 37.3 Å². The Hall–Kier alpha value is -3.10. The molecule has 1 aromatic heterocycles. The minimum atomic E-state index is -0.443. The zero-order valence-corrected chi connectivity index (χ0v) is 16.6. The molecule has 144 valence electrons. The first-order valence-electron chi connectivity index (χ1n) is 8.19. The zero-order valence-electron chi connectivity index (χ0n) is 15.1. The lowest BCUT2D eigenvalue weighted by atomic mass is 10.2. The summed E-state index contributed by atoms with van der Waals surface area (Å²) >= 11 is 7.11. The minimum Gasteiger partial charge on any atom is -0.495 e. The molecule has 3 rings (SSSR count). The van der Waals surface area contributed by atoms with E-state index in [1.54, 1.807) is 35.7 Å². The van der Waals surface area contributed by atoms with Gasteiger partial charge in [-0.3, -0.25) is 10.1 Å². The fourth-order valence-electron chi connectivity index (χ4n) is 2.30. The number of halogens is 1. The van der Waals surface area contributed by atoms with Crippen LogP contribution in [0.3, 0.4) is 0 Å². The number of aromatic nitrogens is 1. The quantitative estimate of drug-likeness (QED) is 0.545. The third kappa shape index (κ3) is 4.99. The van der Waals surface area contributed by atoms with Gasteiger partial charge in [-0.15, -0.1) is 11.3 Å². The van der Waals surface area contributed by atoms with E-state index in [9.17, 15) is 9.59 Å². The highest BCUT2D eigenvalue weighted by molar-refractivity contribution is 7.14. The number of carbonyl (C=O) groups excluding carboxylic acids is 2. The first kappa shape index (κ1) is 19.7. The average molecular weight is 417 g/mol. The number of ether oxygens (including phenoxy) is 1. The number of urea groups is 1. The van der Waals surface area contributed by atoms with Crippen molar-refractivity contribution < 1.29 is 14.3 Å². The van der Waals surface area contributed by atoms with Gasteiger partial charge in [-0.2, -0.15) is 0 Å². The molecule has 0 aliphatic rings. The number of nitrogens with zero attached hydrogens (tertiary/aromatic N) is 1. The predicted molar refractivity (Wildman–Crippen MR) is 112 cm³/mol.